The van der Waals surface area contributed by atoms with E-state index in [-0.39, 0.29) is 11.7 Å². The van der Waals surface area contributed by atoms with Crippen molar-refractivity contribution in [2.45, 2.75) is 6.54 Å². The predicted molar refractivity (Wildman–Crippen MR) is 135 cm³/mol. The van der Waals surface area contributed by atoms with E-state index >= 15 is 0 Å². The van der Waals surface area contributed by atoms with Gasteiger partial charge in [-0.2, -0.15) is 10.2 Å². The summed E-state index contributed by atoms with van der Waals surface area (Å²) < 4.78 is 3.30. The number of carbonyl (C=O) groups is 1. The quantitative estimate of drug-likeness (QED) is 0.310. The van der Waals surface area contributed by atoms with E-state index in [0.717, 1.165) is 16.5 Å². The number of hydrogen-bond donors (Lipinski definition) is 1. The van der Waals surface area contributed by atoms with Gasteiger partial charge in [-0.3, -0.25) is 14.2 Å². The molecule has 0 aliphatic carbocycles. The predicted octanol–water partition coefficient (Wildman–Crippen LogP) is 6.09. The van der Waals surface area contributed by atoms with Crippen molar-refractivity contribution in [2.75, 3.05) is 5.32 Å². The Morgan fingerprint density at radius 1 is 1.03 bits per heavy atom. The van der Waals surface area contributed by atoms with Crippen LogP contribution in [0.15, 0.2) is 67.1 Å². The van der Waals surface area contributed by atoms with Crippen LogP contribution in [0.3, 0.4) is 0 Å². The summed E-state index contributed by atoms with van der Waals surface area (Å²) in [6.45, 7) is 0.370. The molecule has 0 saturated heterocycles. The first-order chi connectivity index (χ1) is 16.4. The van der Waals surface area contributed by atoms with Crippen LogP contribution in [0.5, 0.6) is 0 Å². The van der Waals surface area contributed by atoms with Gasteiger partial charge in [0.1, 0.15) is 5.02 Å². The maximum Gasteiger partial charge on any atom is 0.257 e. The van der Waals surface area contributed by atoms with E-state index in [0.29, 0.717) is 38.4 Å². The Hall–Kier alpha value is -3.39. The zero-order chi connectivity index (χ0) is 23.8. The molecule has 1 amide bonds. The highest BCUT2D eigenvalue weighted by Gasteiger charge is 2.18. The van der Waals surface area contributed by atoms with Crippen LogP contribution in [-0.2, 0) is 13.6 Å². The fourth-order valence-corrected chi connectivity index (χ4v) is 4.29. The first-order valence-corrected chi connectivity index (χ1v) is 11.4. The smallest absolute Gasteiger partial charge is 0.257 e. The minimum Gasteiger partial charge on any atom is -0.304 e. The number of halogens is 3. The van der Waals surface area contributed by atoms with Crippen LogP contribution in [0.2, 0.25) is 15.1 Å². The van der Waals surface area contributed by atoms with Gasteiger partial charge in [0.15, 0.2) is 5.82 Å². The molecular formula is C24H17Cl3N6O. The molecule has 0 aliphatic rings. The highest BCUT2D eigenvalue weighted by atomic mass is 35.5. The van der Waals surface area contributed by atoms with Gasteiger partial charge in [0.2, 0.25) is 0 Å². The number of rotatable bonds is 5. The highest BCUT2D eigenvalue weighted by molar-refractivity contribution is 6.35. The maximum absolute atomic E-state index is 13.3. The summed E-state index contributed by atoms with van der Waals surface area (Å²) in [6, 6.07) is 14.4. The zero-order valence-electron chi connectivity index (χ0n) is 17.8. The maximum atomic E-state index is 13.3. The monoisotopic (exact) mass is 510 g/mol. The van der Waals surface area contributed by atoms with Crippen LogP contribution in [0.4, 0.5) is 5.82 Å². The van der Waals surface area contributed by atoms with E-state index in [1.807, 2.05) is 43.6 Å². The Labute approximate surface area is 209 Å². The van der Waals surface area contributed by atoms with Crippen LogP contribution < -0.4 is 5.32 Å². The molecule has 5 aromatic rings. The molecule has 0 unspecified atom stereocenters. The van der Waals surface area contributed by atoms with Crippen LogP contribution in [0, 0.1) is 0 Å². The number of aryl methyl sites for hydroxylation is 1. The molecule has 0 saturated carbocycles. The van der Waals surface area contributed by atoms with E-state index in [4.69, 9.17) is 39.8 Å². The number of hydrogen-bond acceptors (Lipinski definition) is 4. The van der Waals surface area contributed by atoms with Crippen LogP contribution >= 0.6 is 34.8 Å². The molecule has 34 heavy (non-hydrogen) atoms. The minimum atomic E-state index is -0.347. The number of benzene rings is 2. The Morgan fingerprint density at radius 3 is 2.62 bits per heavy atom. The van der Waals surface area contributed by atoms with Crippen molar-refractivity contribution in [3.8, 4) is 11.3 Å². The Bertz CT molecular complexity index is 1540. The third kappa shape index (κ3) is 4.50. The van der Waals surface area contributed by atoms with Crippen LogP contribution in [-0.4, -0.2) is 30.5 Å². The third-order valence-electron chi connectivity index (χ3n) is 5.26. The molecular weight excluding hydrogens is 495 g/mol. The Balaban J connectivity index is 1.46. The van der Waals surface area contributed by atoms with Gasteiger partial charge in [-0.1, -0.05) is 59.1 Å². The van der Waals surface area contributed by atoms with E-state index in [1.165, 1.54) is 0 Å². The fraction of sp³-hybridized carbons (Fsp3) is 0.0833. The molecule has 0 atom stereocenters. The zero-order valence-corrected chi connectivity index (χ0v) is 20.1. The number of nitrogens with one attached hydrogen (secondary N) is 1. The molecule has 170 valence electrons. The second-order valence-electron chi connectivity index (χ2n) is 7.69. The van der Waals surface area contributed by atoms with Crippen molar-refractivity contribution in [2.24, 2.45) is 7.05 Å². The number of amides is 1. The van der Waals surface area contributed by atoms with E-state index < -0.39 is 0 Å². The van der Waals surface area contributed by atoms with Gasteiger partial charge in [0.05, 0.1) is 29.5 Å². The molecule has 0 bridgehead atoms. The number of nitrogens with zero attached hydrogens (tertiary/aromatic N) is 5. The van der Waals surface area contributed by atoms with Crippen molar-refractivity contribution in [3.63, 3.8) is 0 Å². The van der Waals surface area contributed by atoms with Crippen molar-refractivity contribution in [1.82, 2.24) is 24.5 Å². The molecule has 5 rings (SSSR count). The standard InChI is InChI=1S/C24H17Cl3N6O/c1-32-11-15(10-28-32)22-9-18(17-4-2-3-5-21(17)29-22)24(34)30-23-20(27)13-33(31-23)12-14-6-7-16(25)8-19(14)26/h2-11,13H,12H2,1H3,(H,30,31,34). The van der Waals surface area contributed by atoms with Crippen molar-refractivity contribution in [3.05, 3.63) is 93.3 Å². The molecule has 2 aromatic carbocycles. The summed E-state index contributed by atoms with van der Waals surface area (Å²) in [5.41, 5.74) is 3.43. The number of para-hydroxylation sites is 1. The summed E-state index contributed by atoms with van der Waals surface area (Å²) >= 11 is 18.6. The third-order valence-corrected chi connectivity index (χ3v) is 6.12. The molecule has 3 aromatic heterocycles. The van der Waals surface area contributed by atoms with Gasteiger partial charge < -0.3 is 5.32 Å². The first-order valence-electron chi connectivity index (χ1n) is 10.2. The van der Waals surface area contributed by atoms with E-state index in [1.54, 1.807) is 40.0 Å². The fourth-order valence-electron chi connectivity index (χ4n) is 3.63. The van der Waals surface area contributed by atoms with Gasteiger partial charge in [-0.15, -0.1) is 0 Å². The number of anilines is 1. The van der Waals surface area contributed by atoms with Gasteiger partial charge >= 0.3 is 0 Å². The molecule has 1 N–H and O–H groups in total. The van der Waals surface area contributed by atoms with Crippen molar-refractivity contribution < 1.29 is 4.79 Å². The molecule has 0 fully saturated rings. The lowest BCUT2D eigenvalue weighted by Crippen LogP contribution is -2.14. The number of pyridine rings is 1. The second kappa shape index (κ2) is 9.10. The number of aromatic nitrogens is 5. The SMILES string of the molecule is Cn1cc(-c2cc(C(=O)Nc3nn(Cc4ccc(Cl)cc4Cl)cc3Cl)c3ccccc3n2)cn1. The van der Waals surface area contributed by atoms with E-state index in [9.17, 15) is 4.79 Å². The van der Waals surface area contributed by atoms with Crippen molar-refractivity contribution in [1.29, 1.82) is 0 Å². The van der Waals surface area contributed by atoms with Gasteiger partial charge in [-0.05, 0) is 29.8 Å². The molecule has 10 heteroatoms. The molecule has 3 heterocycles. The van der Waals surface area contributed by atoms with Gasteiger partial charge in [0.25, 0.3) is 5.91 Å². The first kappa shape index (κ1) is 22.4. The molecule has 0 spiro atoms. The molecule has 7 nitrogen and oxygen atoms in total. The minimum absolute atomic E-state index is 0.251. The second-order valence-corrected chi connectivity index (χ2v) is 8.94. The average molecular weight is 512 g/mol. The molecule has 0 aliphatic heterocycles. The highest BCUT2D eigenvalue weighted by Crippen LogP contribution is 2.27. The normalized spacial score (nSPS) is 11.2. The lowest BCUT2D eigenvalue weighted by Gasteiger charge is -2.09. The van der Waals surface area contributed by atoms with Crippen molar-refractivity contribution >= 4 is 57.4 Å². The summed E-state index contributed by atoms with van der Waals surface area (Å²) in [7, 11) is 1.83. The lowest BCUT2D eigenvalue weighted by atomic mass is 10.0. The lowest BCUT2D eigenvalue weighted by molar-refractivity contribution is 0.102. The number of fused-ring (bicyclic) bond motifs is 1. The Kier molecular flexibility index (Phi) is 6.00. The number of carbonyl (C=O) groups excluding carboxylic acids is 1. The average Bonchev–Trinajstić information content (AvgIpc) is 3.40. The van der Waals surface area contributed by atoms with Gasteiger partial charge in [0, 0.05) is 40.4 Å². The molecule has 0 radical (unpaired) electrons. The topological polar surface area (TPSA) is 77.6 Å². The largest absolute Gasteiger partial charge is 0.304 e. The summed E-state index contributed by atoms with van der Waals surface area (Å²) in [5.74, 6) is -0.0963. The Morgan fingerprint density at radius 2 is 1.85 bits per heavy atom. The van der Waals surface area contributed by atoms with E-state index in [2.05, 4.69) is 15.5 Å². The summed E-state index contributed by atoms with van der Waals surface area (Å²) in [6.07, 6.45) is 5.19. The summed E-state index contributed by atoms with van der Waals surface area (Å²) in [4.78, 5) is 18.0. The summed E-state index contributed by atoms with van der Waals surface area (Å²) in [5, 5.41) is 13.6. The van der Waals surface area contributed by atoms with Crippen LogP contribution in [0.25, 0.3) is 22.2 Å². The van der Waals surface area contributed by atoms with Crippen LogP contribution in [0.1, 0.15) is 15.9 Å². The van der Waals surface area contributed by atoms with Gasteiger partial charge in [-0.25, -0.2) is 4.98 Å².